The molecule has 0 amide bonds. The highest BCUT2D eigenvalue weighted by molar-refractivity contribution is 5.19. The van der Waals surface area contributed by atoms with Crippen LogP contribution < -0.4 is 5.32 Å². The number of nitrogens with zero attached hydrogens (tertiary/aromatic N) is 1. The summed E-state index contributed by atoms with van der Waals surface area (Å²) in [6.45, 7) is 9.21. The van der Waals surface area contributed by atoms with Crippen molar-refractivity contribution >= 4 is 0 Å². The van der Waals surface area contributed by atoms with Crippen LogP contribution in [0.2, 0.25) is 0 Å². The molecule has 1 aliphatic rings. The summed E-state index contributed by atoms with van der Waals surface area (Å²) in [6.07, 6.45) is 0. The first-order valence-corrected chi connectivity index (χ1v) is 6.29. The predicted octanol–water partition coefficient (Wildman–Crippen LogP) is 2.29. The summed E-state index contributed by atoms with van der Waals surface area (Å²) in [5.41, 5.74) is 1.46. The molecule has 1 heterocycles. The van der Waals surface area contributed by atoms with Crippen LogP contribution in [-0.2, 0) is 0 Å². The van der Waals surface area contributed by atoms with E-state index in [1.54, 1.807) is 0 Å². The summed E-state index contributed by atoms with van der Waals surface area (Å²) in [5.74, 6) is 0.667. The van der Waals surface area contributed by atoms with Gasteiger partial charge in [-0.15, -0.1) is 0 Å². The van der Waals surface area contributed by atoms with Gasteiger partial charge in [-0.1, -0.05) is 44.2 Å². The molecule has 88 valence electrons. The zero-order chi connectivity index (χ0) is 11.4. The summed E-state index contributed by atoms with van der Waals surface area (Å²) >= 11 is 0. The Hall–Kier alpha value is -0.860. The standard InChI is InChI=1S/C14H22N2/c1-12(2)14(13-6-4-3-5-7-13)16-10-8-15-9-11-16/h3-7,12,14-15H,8-11H2,1-2H3. The van der Waals surface area contributed by atoms with E-state index in [0.29, 0.717) is 12.0 Å². The first kappa shape index (κ1) is 11.6. The molecule has 0 radical (unpaired) electrons. The van der Waals surface area contributed by atoms with Gasteiger partial charge in [-0.25, -0.2) is 0 Å². The van der Waals surface area contributed by atoms with E-state index in [0.717, 1.165) is 26.2 Å². The molecule has 0 aromatic heterocycles. The summed E-state index contributed by atoms with van der Waals surface area (Å²) < 4.78 is 0. The molecule has 0 bridgehead atoms. The predicted molar refractivity (Wildman–Crippen MR) is 68.5 cm³/mol. The maximum Gasteiger partial charge on any atom is 0.0372 e. The van der Waals surface area contributed by atoms with Crippen molar-refractivity contribution in [2.75, 3.05) is 26.2 Å². The minimum Gasteiger partial charge on any atom is -0.314 e. The molecule has 1 aromatic rings. The van der Waals surface area contributed by atoms with Crippen molar-refractivity contribution in [3.8, 4) is 0 Å². The van der Waals surface area contributed by atoms with Crippen molar-refractivity contribution in [1.82, 2.24) is 10.2 Å². The monoisotopic (exact) mass is 218 g/mol. The maximum absolute atomic E-state index is 3.42. The normalized spacial score (nSPS) is 19.9. The van der Waals surface area contributed by atoms with E-state index >= 15 is 0 Å². The molecule has 1 aliphatic heterocycles. The Morgan fingerprint density at radius 2 is 1.69 bits per heavy atom. The van der Waals surface area contributed by atoms with Gasteiger partial charge >= 0.3 is 0 Å². The Bertz CT molecular complexity index is 302. The van der Waals surface area contributed by atoms with Crippen LogP contribution in [0.3, 0.4) is 0 Å². The lowest BCUT2D eigenvalue weighted by atomic mass is 9.94. The summed E-state index contributed by atoms with van der Waals surface area (Å²) in [4.78, 5) is 2.61. The Labute approximate surface area is 98.7 Å². The van der Waals surface area contributed by atoms with Gasteiger partial charge in [0.05, 0.1) is 0 Å². The summed E-state index contributed by atoms with van der Waals surface area (Å²) in [7, 11) is 0. The lowest BCUT2D eigenvalue weighted by molar-refractivity contribution is 0.137. The molecule has 2 nitrogen and oxygen atoms in total. The Kier molecular flexibility index (Phi) is 3.97. The lowest BCUT2D eigenvalue weighted by Crippen LogP contribution is -2.46. The number of hydrogen-bond acceptors (Lipinski definition) is 2. The second-order valence-corrected chi connectivity index (χ2v) is 4.89. The molecule has 0 spiro atoms. The molecule has 0 aliphatic carbocycles. The summed E-state index contributed by atoms with van der Waals surface area (Å²) in [6, 6.07) is 11.5. The van der Waals surface area contributed by atoms with Crippen LogP contribution in [0.15, 0.2) is 30.3 Å². The fourth-order valence-electron chi connectivity index (χ4n) is 2.63. The fourth-order valence-corrected chi connectivity index (χ4v) is 2.63. The van der Waals surface area contributed by atoms with Gasteiger partial charge in [0.25, 0.3) is 0 Å². The van der Waals surface area contributed by atoms with Gasteiger partial charge in [0, 0.05) is 32.2 Å². The SMILES string of the molecule is CC(C)C(c1ccccc1)N1CCNCC1. The van der Waals surface area contributed by atoms with Gasteiger partial charge in [0.15, 0.2) is 0 Å². The molecule has 2 rings (SSSR count). The van der Waals surface area contributed by atoms with E-state index in [1.165, 1.54) is 5.56 Å². The highest BCUT2D eigenvalue weighted by atomic mass is 15.2. The third kappa shape index (κ3) is 2.63. The topological polar surface area (TPSA) is 15.3 Å². The van der Waals surface area contributed by atoms with Crippen molar-refractivity contribution in [1.29, 1.82) is 0 Å². The molecular weight excluding hydrogens is 196 g/mol. The number of hydrogen-bond donors (Lipinski definition) is 1. The van der Waals surface area contributed by atoms with E-state index in [2.05, 4.69) is 54.4 Å². The molecule has 2 heteroatoms. The minimum absolute atomic E-state index is 0.572. The van der Waals surface area contributed by atoms with Crippen LogP contribution in [0.4, 0.5) is 0 Å². The van der Waals surface area contributed by atoms with Gasteiger partial charge in [0.2, 0.25) is 0 Å². The average molecular weight is 218 g/mol. The second kappa shape index (κ2) is 5.46. The molecule has 1 saturated heterocycles. The first-order chi connectivity index (χ1) is 7.79. The Morgan fingerprint density at radius 1 is 1.06 bits per heavy atom. The number of rotatable bonds is 3. The quantitative estimate of drug-likeness (QED) is 0.837. The maximum atomic E-state index is 3.42. The largest absolute Gasteiger partial charge is 0.314 e. The van der Waals surface area contributed by atoms with Crippen LogP contribution in [0.5, 0.6) is 0 Å². The molecule has 1 atom stereocenters. The number of piperazine rings is 1. The molecule has 1 unspecified atom stereocenters. The van der Waals surface area contributed by atoms with Gasteiger partial charge in [0.1, 0.15) is 0 Å². The molecule has 16 heavy (non-hydrogen) atoms. The fraction of sp³-hybridized carbons (Fsp3) is 0.571. The van der Waals surface area contributed by atoms with E-state index in [9.17, 15) is 0 Å². The highest BCUT2D eigenvalue weighted by Gasteiger charge is 2.24. The molecule has 1 fully saturated rings. The highest BCUT2D eigenvalue weighted by Crippen LogP contribution is 2.28. The van der Waals surface area contributed by atoms with Crippen LogP contribution in [0.1, 0.15) is 25.5 Å². The Balaban J connectivity index is 2.16. The van der Waals surface area contributed by atoms with Gasteiger partial charge < -0.3 is 5.32 Å². The average Bonchev–Trinajstić information content (AvgIpc) is 2.31. The number of benzene rings is 1. The third-order valence-electron chi connectivity index (χ3n) is 3.32. The zero-order valence-corrected chi connectivity index (χ0v) is 10.3. The van der Waals surface area contributed by atoms with E-state index in [-0.39, 0.29) is 0 Å². The van der Waals surface area contributed by atoms with Crippen molar-refractivity contribution in [3.05, 3.63) is 35.9 Å². The summed E-state index contributed by atoms with van der Waals surface area (Å²) in [5, 5.41) is 3.42. The van der Waals surface area contributed by atoms with Crippen molar-refractivity contribution < 1.29 is 0 Å². The number of nitrogens with one attached hydrogen (secondary N) is 1. The molecular formula is C14H22N2. The second-order valence-electron chi connectivity index (χ2n) is 4.89. The van der Waals surface area contributed by atoms with Gasteiger partial charge in [-0.3, -0.25) is 4.90 Å². The van der Waals surface area contributed by atoms with Gasteiger partial charge in [-0.2, -0.15) is 0 Å². The van der Waals surface area contributed by atoms with Crippen LogP contribution in [0, 0.1) is 5.92 Å². The van der Waals surface area contributed by atoms with Gasteiger partial charge in [-0.05, 0) is 11.5 Å². The van der Waals surface area contributed by atoms with E-state index < -0.39 is 0 Å². The molecule has 0 saturated carbocycles. The van der Waals surface area contributed by atoms with Crippen molar-refractivity contribution in [2.45, 2.75) is 19.9 Å². The van der Waals surface area contributed by atoms with Crippen LogP contribution in [0.25, 0.3) is 0 Å². The molecule has 1 N–H and O–H groups in total. The lowest BCUT2D eigenvalue weighted by Gasteiger charge is -2.37. The third-order valence-corrected chi connectivity index (χ3v) is 3.32. The Morgan fingerprint density at radius 3 is 2.25 bits per heavy atom. The van der Waals surface area contributed by atoms with E-state index in [1.807, 2.05) is 0 Å². The van der Waals surface area contributed by atoms with Crippen molar-refractivity contribution in [3.63, 3.8) is 0 Å². The van der Waals surface area contributed by atoms with E-state index in [4.69, 9.17) is 0 Å². The minimum atomic E-state index is 0.572. The first-order valence-electron chi connectivity index (χ1n) is 6.29. The van der Waals surface area contributed by atoms with Crippen molar-refractivity contribution in [2.24, 2.45) is 5.92 Å². The zero-order valence-electron chi connectivity index (χ0n) is 10.3. The smallest absolute Gasteiger partial charge is 0.0372 e. The molecule has 1 aromatic carbocycles. The van der Waals surface area contributed by atoms with Crippen LogP contribution >= 0.6 is 0 Å². The van der Waals surface area contributed by atoms with Crippen LogP contribution in [-0.4, -0.2) is 31.1 Å².